The third-order valence-electron chi connectivity index (χ3n) is 3.90. The van der Waals surface area contributed by atoms with Crippen LogP contribution < -0.4 is 15.7 Å². The Morgan fingerprint density at radius 2 is 2.21 bits per heavy atom. The molecule has 0 aliphatic heterocycles. The van der Waals surface area contributed by atoms with E-state index in [4.69, 9.17) is 4.74 Å². The fourth-order valence-corrected chi connectivity index (χ4v) is 3.87. The first-order valence-electron chi connectivity index (χ1n) is 8.74. The van der Waals surface area contributed by atoms with E-state index in [1.54, 1.807) is 0 Å². The lowest BCUT2D eigenvalue weighted by Crippen LogP contribution is -2.29. The van der Waals surface area contributed by atoms with Gasteiger partial charge in [0.25, 0.3) is 11.5 Å². The van der Waals surface area contributed by atoms with Gasteiger partial charge >= 0.3 is 0 Å². The highest BCUT2D eigenvalue weighted by atomic mass is 79.9. The molecule has 0 saturated heterocycles. The zero-order chi connectivity index (χ0) is 20.1. The molecule has 28 heavy (non-hydrogen) atoms. The van der Waals surface area contributed by atoms with E-state index in [1.165, 1.54) is 28.4 Å². The van der Waals surface area contributed by atoms with Gasteiger partial charge in [-0.2, -0.15) is 5.10 Å². The summed E-state index contributed by atoms with van der Waals surface area (Å²) in [5, 5.41) is 4.51. The van der Waals surface area contributed by atoms with Gasteiger partial charge in [-0.1, -0.05) is 22.9 Å². The quantitative estimate of drug-likeness (QED) is 0.430. The maximum atomic E-state index is 12.5. The van der Waals surface area contributed by atoms with E-state index in [9.17, 15) is 9.59 Å². The molecule has 0 aliphatic carbocycles. The van der Waals surface area contributed by atoms with Crippen LogP contribution in [0.25, 0.3) is 10.2 Å². The van der Waals surface area contributed by atoms with E-state index in [0.717, 1.165) is 21.3 Å². The lowest BCUT2D eigenvalue weighted by molar-refractivity contribution is -0.121. The summed E-state index contributed by atoms with van der Waals surface area (Å²) in [5.41, 5.74) is 2.93. The molecule has 0 aliphatic rings. The molecule has 0 atom stereocenters. The largest absolute Gasteiger partial charge is 0.493 e. The minimum atomic E-state index is -0.418. The van der Waals surface area contributed by atoms with Crippen LogP contribution in [-0.2, 0) is 17.8 Å². The van der Waals surface area contributed by atoms with Crippen molar-refractivity contribution in [2.75, 3.05) is 6.61 Å². The molecule has 0 unspecified atom stereocenters. The van der Waals surface area contributed by atoms with Crippen LogP contribution in [0.15, 0.2) is 45.0 Å². The Morgan fingerprint density at radius 1 is 1.39 bits per heavy atom. The molecule has 146 valence electrons. The molecule has 0 bridgehead atoms. The average molecular weight is 463 g/mol. The summed E-state index contributed by atoms with van der Waals surface area (Å²) in [6.45, 7) is 4.28. The summed E-state index contributed by atoms with van der Waals surface area (Å²) >= 11 is 4.89. The normalized spacial score (nSPS) is 11.2. The first-order valence-corrected chi connectivity index (χ1v) is 10.3. The van der Waals surface area contributed by atoms with Crippen LogP contribution in [0.5, 0.6) is 5.75 Å². The second kappa shape index (κ2) is 9.11. The van der Waals surface area contributed by atoms with Crippen molar-refractivity contribution in [3.8, 4) is 5.75 Å². The SMILES string of the molecule is CCOc1ccc(Br)cc1/C=N/NC(=O)Cn1cnc2sc(CC)cc2c1=O. The Kier molecular flexibility index (Phi) is 6.58. The number of aromatic nitrogens is 2. The van der Waals surface area contributed by atoms with E-state index in [-0.39, 0.29) is 12.1 Å². The third kappa shape index (κ3) is 4.66. The van der Waals surface area contributed by atoms with E-state index >= 15 is 0 Å². The van der Waals surface area contributed by atoms with Crippen molar-refractivity contribution in [3.63, 3.8) is 0 Å². The molecule has 7 nitrogen and oxygen atoms in total. The summed E-state index contributed by atoms with van der Waals surface area (Å²) in [6, 6.07) is 7.36. The van der Waals surface area contributed by atoms with Crippen molar-refractivity contribution in [1.29, 1.82) is 0 Å². The number of hydrogen-bond donors (Lipinski definition) is 1. The number of fused-ring (bicyclic) bond motifs is 1. The number of amides is 1. The number of rotatable bonds is 7. The molecule has 3 aromatic rings. The van der Waals surface area contributed by atoms with Crippen LogP contribution in [0.3, 0.4) is 0 Å². The lowest BCUT2D eigenvalue weighted by atomic mass is 10.2. The molecule has 2 aromatic heterocycles. The Bertz CT molecular complexity index is 1090. The number of nitrogens with one attached hydrogen (secondary N) is 1. The second-order valence-electron chi connectivity index (χ2n) is 5.87. The number of benzene rings is 1. The third-order valence-corrected chi connectivity index (χ3v) is 5.58. The zero-order valence-electron chi connectivity index (χ0n) is 15.4. The Morgan fingerprint density at radius 3 is 2.96 bits per heavy atom. The van der Waals surface area contributed by atoms with Gasteiger partial charge in [0.2, 0.25) is 0 Å². The molecule has 9 heteroatoms. The van der Waals surface area contributed by atoms with Gasteiger partial charge in [0, 0.05) is 14.9 Å². The predicted molar refractivity (Wildman–Crippen MR) is 114 cm³/mol. The predicted octanol–water partition coefficient (Wildman–Crippen LogP) is 3.33. The van der Waals surface area contributed by atoms with E-state index in [2.05, 4.69) is 31.4 Å². The van der Waals surface area contributed by atoms with E-state index in [0.29, 0.717) is 22.6 Å². The van der Waals surface area contributed by atoms with Crippen LogP contribution >= 0.6 is 27.3 Å². The van der Waals surface area contributed by atoms with Crippen molar-refractivity contribution < 1.29 is 9.53 Å². The maximum Gasteiger partial charge on any atom is 0.262 e. The van der Waals surface area contributed by atoms with Crippen molar-refractivity contribution in [3.05, 3.63) is 55.9 Å². The molecular formula is C19H19BrN4O3S. The molecule has 3 rings (SSSR count). The Labute approximate surface area is 174 Å². The van der Waals surface area contributed by atoms with Crippen molar-refractivity contribution in [2.24, 2.45) is 5.10 Å². The Hall–Kier alpha value is -2.52. The molecule has 0 radical (unpaired) electrons. The van der Waals surface area contributed by atoms with Gasteiger partial charge in [-0.25, -0.2) is 10.4 Å². The number of halogens is 1. The summed E-state index contributed by atoms with van der Waals surface area (Å²) in [6.07, 6.45) is 3.74. The standard InChI is InChI=1S/C19H19BrN4O3S/c1-3-14-8-15-18(28-14)21-11-24(19(15)26)10-17(25)23-22-9-12-7-13(20)5-6-16(12)27-4-2/h5-9,11H,3-4,10H2,1-2H3,(H,23,25)/b22-9+. The van der Waals surface area contributed by atoms with Gasteiger partial charge in [-0.15, -0.1) is 11.3 Å². The minimum Gasteiger partial charge on any atom is -0.493 e. The zero-order valence-corrected chi connectivity index (χ0v) is 17.8. The van der Waals surface area contributed by atoms with Gasteiger partial charge in [0.15, 0.2) is 0 Å². The van der Waals surface area contributed by atoms with Gasteiger partial charge in [-0.3, -0.25) is 14.2 Å². The van der Waals surface area contributed by atoms with Gasteiger partial charge in [0.1, 0.15) is 17.1 Å². The number of nitrogens with zero attached hydrogens (tertiary/aromatic N) is 3. The minimum absolute atomic E-state index is 0.160. The highest BCUT2D eigenvalue weighted by Gasteiger charge is 2.10. The van der Waals surface area contributed by atoms with E-state index in [1.807, 2.05) is 38.1 Å². The smallest absolute Gasteiger partial charge is 0.262 e. The fraction of sp³-hybridized carbons (Fsp3) is 0.263. The number of carbonyl (C=O) groups excluding carboxylic acids is 1. The van der Waals surface area contributed by atoms with Crippen molar-refractivity contribution in [2.45, 2.75) is 26.8 Å². The topological polar surface area (TPSA) is 85.6 Å². The van der Waals surface area contributed by atoms with Crippen molar-refractivity contribution >= 4 is 49.6 Å². The maximum absolute atomic E-state index is 12.5. The number of thiophene rings is 1. The molecule has 1 aromatic carbocycles. The van der Waals surface area contributed by atoms with Gasteiger partial charge < -0.3 is 4.74 Å². The van der Waals surface area contributed by atoms with Crippen LogP contribution in [0.1, 0.15) is 24.3 Å². The molecule has 2 heterocycles. The molecule has 0 fully saturated rings. The van der Waals surface area contributed by atoms with Gasteiger partial charge in [-0.05, 0) is 37.6 Å². The highest BCUT2D eigenvalue weighted by Crippen LogP contribution is 2.22. The number of hydrazone groups is 1. The molecule has 1 amide bonds. The summed E-state index contributed by atoms with van der Waals surface area (Å²) in [7, 11) is 0. The monoisotopic (exact) mass is 462 g/mol. The number of aryl methyl sites for hydroxylation is 1. The second-order valence-corrected chi connectivity index (χ2v) is 7.90. The van der Waals surface area contributed by atoms with Crippen LogP contribution in [0.2, 0.25) is 0 Å². The highest BCUT2D eigenvalue weighted by molar-refractivity contribution is 9.10. The number of hydrogen-bond acceptors (Lipinski definition) is 6. The summed E-state index contributed by atoms with van der Waals surface area (Å²) in [4.78, 5) is 30.8. The van der Waals surface area contributed by atoms with E-state index < -0.39 is 5.91 Å². The first-order chi connectivity index (χ1) is 13.5. The summed E-state index contributed by atoms with van der Waals surface area (Å²) < 4.78 is 7.69. The molecule has 0 saturated carbocycles. The van der Waals surface area contributed by atoms with Crippen LogP contribution in [-0.4, -0.2) is 28.3 Å². The fourth-order valence-electron chi connectivity index (χ4n) is 2.57. The van der Waals surface area contributed by atoms with Crippen LogP contribution in [0.4, 0.5) is 0 Å². The average Bonchev–Trinajstić information content (AvgIpc) is 3.10. The number of carbonyl (C=O) groups is 1. The molecule has 1 N–H and O–H groups in total. The first kappa shape index (κ1) is 20.2. The van der Waals surface area contributed by atoms with Gasteiger partial charge in [0.05, 0.1) is 24.5 Å². The summed E-state index contributed by atoms with van der Waals surface area (Å²) in [5.74, 6) is 0.247. The van der Waals surface area contributed by atoms with Crippen molar-refractivity contribution in [1.82, 2.24) is 15.0 Å². The molecular weight excluding hydrogens is 444 g/mol. The lowest BCUT2D eigenvalue weighted by Gasteiger charge is -2.07. The van der Waals surface area contributed by atoms with Crippen LogP contribution in [0, 0.1) is 0 Å². The Balaban J connectivity index is 1.70. The molecule has 0 spiro atoms. The number of ether oxygens (including phenoxy) is 1.